The number of phenolic OH excluding ortho intramolecular Hbond substituents is 1. The van der Waals surface area contributed by atoms with Gasteiger partial charge in [0.1, 0.15) is 5.75 Å². The van der Waals surface area contributed by atoms with E-state index in [0.717, 1.165) is 48.6 Å². The third-order valence-corrected chi connectivity index (χ3v) is 5.52. The van der Waals surface area contributed by atoms with Crippen LogP contribution in [-0.2, 0) is 6.42 Å². The minimum absolute atomic E-state index is 0.274. The molecule has 1 N–H and O–H groups in total. The number of piperidine rings is 1. The van der Waals surface area contributed by atoms with Gasteiger partial charge in [0.05, 0.1) is 5.69 Å². The molecule has 2 aliphatic rings. The van der Waals surface area contributed by atoms with Crippen molar-refractivity contribution >= 4 is 5.82 Å². The molecule has 1 fully saturated rings. The molecule has 1 saturated heterocycles. The second kappa shape index (κ2) is 6.64. The molecule has 2 aromatic rings. The van der Waals surface area contributed by atoms with Crippen molar-refractivity contribution in [3.05, 3.63) is 35.4 Å². The Bertz CT molecular complexity index is 756. The number of hydrogen-bond donors (Lipinski definition) is 1. The van der Waals surface area contributed by atoms with E-state index in [0.29, 0.717) is 6.04 Å². The zero-order chi connectivity index (χ0) is 17.4. The molecule has 0 saturated carbocycles. The van der Waals surface area contributed by atoms with E-state index in [1.54, 1.807) is 6.07 Å². The van der Waals surface area contributed by atoms with Crippen molar-refractivity contribution in [2.24, 2.45) is 0 Å². The topological polar surface area (TPSA) is 52.5 Å². The predicted octanol–water partition coefficient (Wildman–Crippen LogP) is 3.00. The van der Waals surface area contributed by atoms with Crippen molar-refractivity contribution in [2.75, 3.05) is 31.6 Å². The van der Waals surface area contributed by atoms with Crippen LogP contribution in [-0.4, -0.2) is 52.9 Å². The largest absolute Gasteiger partial charge is 0.507 e. The molecule has 1 atom stereocenters. The Balaban J connectivity index is 1.69. The molecule has 0 radical (unpaired) electrons. The van der Waals surface area contributed by atoms with Gasteiger partial charge in [-0.25, -0.2) is 0 Å². The number of hydrogen-bond acceptors (Lipinski definition) is 5. The Labute approximate surface area is 149 Å². The summed E-state index contributed by atoms with van der Waals surface area (Å²) in [6.45, 7) is 5.35. The molecule has 5 nitrogen and oxygen atoms in total. The van der Waals surface area contributed by atoms with Gasteiger partial charge < -0.3 is 14.9 Å². The number of aryl methyl sites for hydroxylation is 2. The first kappa shape index (κ1) is 16.3. The molecular weight excluding hydrogens is 312 g/mol. The minimum Gasteiger partial charge on any atom is -0.507 e. The molecule has 3 heterocycles. The Kier molecular flexibility index (Phi) is 4.34. The first-order valence-corrected chi connectivity index (χ1v) is 9.24. The maximum absolute atomic E-state index is 10.3. The molecule has 2 aliphatic heterocycles. The third-order valence-electron chi connectivity index (χ3n) is 5.52. The van der Waals surface area contributed by atoms with Crippen LogP contribution in [0, 0.1) is 6.92 Å². The second-order valence-corrected chi connectivity index (χ2v) is 7.40. The van der Waals surface area contributed by atoms with Gasteiger partial charge in [-0.15, -0.1) is 10.2 Å². The molecule has 5 heteroatoms. The van der Waals surface area contributed by atoms with Crippen LogP contribution in [0.15, 0.2) is 24.3 Å². The van der Waals surface area contributed by atoms with Crippen molar-refractivity contribution in [1.29, 1.82) is 0 Å². The Hall–Kier alpha value is -2.14. The number of nitrogens with zero attached hydrogens (tertiary/aromatic N) is 4. The number of phenols is 1. The Morgan fingerprint density at radius 1 is 1.16 bits per heavy atom. The summed E-state index contributed by atoms with van der Waals surface area (Å²) < 4.78 is 0. The van der Waals surface area contributed by atoms with Gasteiger partial charge in [-0.1, -0.05) is 12.1 Å². The van der Waals surface area contributed by atoms with Crippen LogP contribution in [0.5, 0.6) is 5.75 Å². The summed E-state index contributed by atoms with van der Waals surface area (Å²) in [5.41, 5.74) is 3.85. The average Bonchev–Trinajstić information content (AvgIpc) is 2.61. The number of benzene rings is 1. The quantitative estimate of drug-likeness (QED) is 0.912. The summed E-state index contributed by atoms with van der Waals surface area (Å²) in [6, 6.07) is 8.24. The lowest BCUT2D eigenvalue weighted by Crippen LogP contribution is -2.49. The zero-order valence-corrected chi connectivity index (χ0v) is 15.1. The highest BCUT2D eigenvalue weighted by molar-refractivity contribution is 5.71. The maximum atomic E-state index is 10.3. The molecule has 1 unspecified atom stereocenters. The fourth-order valence-corrected chi connectivity index (χ4v) is 4.25. The van der Waals surface area contributed by atoms with E-state index in [4.69, 9.17) is 0 Å². The van der Waals surface area contributed by atoms with Gasteiger partial charge in [0.2, 0.25) is 0 Å². The molecule has 1 aromatic carbocycles. The highest BCUT2D eigenvalue weighted by Gasteiger charge is 2.29. The highest BCUT2D eigenvalue weighted by Crippen LogP contribution is 2.35. The number of aromatic hydroxyl groups is 1. The lowest BCUT2D eigenvalue weighted by atomic mass is 9.97. The summed E-state index contributed by atoms with van der Waals surface area (Å²) >= 11 is 0. The van der Waals surface area contributed by atoms with Crippen LogP contribution in [0.2, 0.25) is 0 Å². The van der Waals surface area contributed by atoms with Gasteiger partial charge >= 0.3 is 0 Å². The smallest absolute Gasteiger partial charge is 0.154 e. The summed E-state index contributed by atoms with van der Waals surface area (Å²) in [5.74, 6) is 1.32. The van der Waals surface area contributed by atoms with Crippen LogP contribution in [0.4, 0.5) is 5.82 Å². The van der Waals surface area contributed by atoms with Gasteiger partial charge in [-0.3, -0.25) is 0 Å². The van der Waals surface area contributed by atoms with Crippen molar-refractivity contribution < 1.29 is 5.11 Å². The van der Waals surface area contributed by atoms with Crippen molar-refractivity contribution in [3.63, 3.8) is 0 Å². The summed E-state index contributed by atoms with van der Waals surface area (Å²) in [7, 11) is 2.20. The van der Waals surface area contributed by atoms with Gasteiger partial charge in [-0.05, 0) is 69.5 Å². The molecule has 132 valence electrons. The van der Waals surface area contributed by atoms with E-state index in [-0.39, 0.29) is 5.75 Å². The molecule has 0 bridgehead atoms. The monoisotopic (exact) mass is 338 g/mol. The highest BCUT2D eigenvalue weighted by atomic mass is 16.3. The van der Waals surface area contributed by atoms with Crippen LogP contribution >= 0.6 is 0 Å². The predicted molar refractivity (Wildman–Crippen MR) is 100 cm³/mol. The third kappa shape index (κ3) is 3.09. The molecule has 0 aliphatic carbocycles. The summed E-state index contributed by atoms with van der Waals surface area (Å²) in [4.78, 5) is 4.87. The molecule has 1 aromatic heterocycles. The molecule has 25 heavy (non-hydrogen) atoms. The summed E-state index contributed by atoms with van der Waals surface area (Å²) in [5, 5.41) is 19.3. The Morgan fingerprint density at radius 3 is 2.84 bits per heavy atom. The number of rotatable bonds is 2. The van der Waals surface area contributed by atoms with Crippen LogP contribution in [0.1, 0.15) is 30.4 Å². The molecule has 0 spiro atoms. The van der Waals surface area contributed by atoms with Gasteiger partial charge in [0, 0.05) is 24.7 Å². The fourth-order valence-electron chi connectivity index (χ4n) is 4.25. The minimum atomic E-state index is 0.274. The number of likely N-dealkylation sites (tertiary alicyclic amines) is 1. The van der Waals surface area contributed by atoms with Gasteiger partial charge in [0.15, 0.2) is 5.82 Å². The maximum Gasteiger partial charge on any atom is 0.154 e. The SMILES string of the molecule is Cc1cccc(O)c1-c1cc2c(nn1)N(C1CCCN(C)C1)CCC2. The van der Waals surface area contributed by atoms with Crippen molar-refractivity contribution in [3.8, 4) is 17.0 Å². The number of aromatic nitrogens is 2. The molecular formula is C20H26N4O. The summed E-state index contributed by atoms with van der Waals surface area (Å²) in [6.07, 6.45) is 4.66. The van der Waals surface area contributed by atoms with E-state index in [1.165, 1.54) is 24.9 Å². The zero-order valence-electron chi connectivity index (χ0n) is 15.1. The van der Waals surface area contributed by atoms with E-state index in [1.807, 2.05) is 19.1 Å². The van der Waals surface area contributed by atoms with E-state index in [9.17, 15) is 5.11 Å². The van der Waals surface area contributed by atoms with Crippen LogP contribution in [0.25, 0.3) is 11.3 Å². The van der Waals surface area contributed by atoms with E-state index >= 15 is 0 Å². The second-order valence-electron chi connectivity index (χ2n) is 7.40. The van der Waals surface area contributed by atoms with Crippen LogP contribution < -0.4 is 4.90 Å². The standard InChI is InChI=1S/C20H26N4O/c1-14-6-3-9-18(25)19(14)17-12-15-7-4-11-24(20(15)22-21-17)16-8-5-10-23(2)13-16/h3,6,9,12,16,25H,4-5,7-8,10-11,13H2,1-2H3. The fraction of sp³-hybridized carbons (Fsp3) is 0.500. The number of fused-ring (bicyclic) bond motifs is 1. The molecule has 0 amide bonds. The van der Waals surface area contributed by atoms with Crippen LogP contribution in [0.3, 0.4) is 0 Å². The number of likely N-dealkylation sites (N-methyl/N-ethyl adjacent to an activating group) is 1. The van der Waals surface area contributed by atoms with Crippen molar-refractivity contribution in [1.82, 2.24) is 15.1 Å². The lowest BCUT2D eigenvalue weighted by molar-refractivity contribution is 0.242. The van der Waals surface area contributed by atoms with E-state index in [2.05, 4.69) is 33.1 Å². The normalized spacial score (nSPS) is 21.2. The lowest BCUT2D eigenvalue weighted by Gasteiger charge is -2.41. The van der Waals surface area contributed by atoms with Gasteiger partial charge in [0.25, 0.3) is 0 Å². The van der Waals surface area contributed by atoms with Gasteiger partial charge in [-0.2, -0.15) is 0 Å². The first-order valence-electron chi connectivity index (χ1n) is 9.24. The number of anilines is 1. The first-order chi connectivity index (χ1) is 12.1. The van der Waals surface area contributed by atoms with Crippen molar-refractivity contribution in [2.45, 2.75) is 38.6 Å². The van der Waals surface area contributed by atoms with E-state index < -0.39 is 0 Å². The Morgan fingerprint density at radius 2 is 2.04 bits per heavy atom. The molecule has 4 rings (SSSR count). The average molecular weight is 338 g/mol.